The molecule has 0 saturated heterocycles. The molecule has 1 N–H and O–H groups in total. The molecule has 0 fully saturated rings. The zero-order chi connectivity index (χ0) is 7.86. The minimum atomic E-state index is -0.981. The molecule has 0 rings (SSSR count). The molecule has 0 spiro atoms. The number of aliphatic carboxylic acids is 1. The Bertz CT molecular complexity index is 111. The molecule has 0 aliphatic rings. The second-order valence-electron chi connectivity index (χ2n) is 1.24. The van der Waals surface area contributed by atoms with Crippen LogP contribution in [0.1, 0.15) is 6.92 Å². The van der Waals surface area contributed by atoms with E-state index in [4.69, 9.17) is 5.11 Å². The van der Waals surface area contributed by atoms with Crippen LogP contribution in [-0.2, 0) is 4.79 Å². The first-order valence-electron chi connectivity index (χ1n) is 2.18. The largest absolute Gasteiger partial charge is 0.876 e. The molecule has 0 aliphatic carbocycles. The second kappa shape index (κ2) is 6.75. The van der Waals surface area contributed by atoms with Crippen molar-refractivity contribution >= 4 is 5.97 Å². The van der Waals surface area contributed by atoms with Crippen LogP contribution in [0.15, 0.2) is 25.0 Å². The normalized spacial score (nSPS) is 6.33. The Kier molecular flexibility index (Phi) is 8.01. The highest BCUT2D eigenvalue weighted by atomic mass is 16.4. The molecule has 52 valence electrons. The summed E-state index contributed by atoms with van der Waals surface area (Å²) >= 11 is 0. The van der Waals surface area contributed by atoms with Crippen molar-refractivity contribution in [3.63, 3.8) is 0 Å². The Balaban J connectivity index is 0. The van der Waals surface area contributed by atoms with Crippen molar-refractivity contribution in [3.8, 4) is 0 Å². The fraction of sp³-hybridized carbons (Fsp3) is 0.167. The van der Waals surface area contributed by atoms with Crippen molar-refractivity contribution in [2.24, 2.45) is 0 Å². The van der Waals surface area contributed by atoms with Gasteiger partial charge in [-0.05, 0) is 0 Å². The maximum atomic E-state index is 9.33. The lowest BCUT2D eigenvalue weighted by Crippen LogP contribution is -1.92. The van der Waals surface area contributed by atoms with Crippen molar-refractivity contribution in [1.82, 2.24) is 0 Å². The van der Waals surface area contributed by atoms with Crippen LogP contribution in [-0.4, -0.2) is 11.1 Å². The fourth-order valence-corrected chi connectivity index (χ4v) is 0. The van der Waals surface area contributed by atoms with Gasteiger partial charge >= 0.3 is 5.97 Å². The van der Waals surface area contributed by atoms with Gasteiger partial charge < -0.3 is 10.2 Å². The van der Waals surface area contributed by atoms with Gasteiger partial charge in [0.1, 0.15) is 0 Å². The Morgan fingerprint density at radius 1 is 1.78 bits per heavy atom. The maximum Gasteiger partial charge on any atom is 0.327 e. The summed E-state index contributed by atoms with van der Waals surface area (Å²) in [6.07, 6.45) is 0.833. The van der Waals surface area contributed by atoms with Crippen LogP contribution in [0, 0.1) is 0 Å². The number of hydrogen-bond donors (Lipinski definition) is 1. The van der Waals surface area contributed by atoms with Gasteiger partial charge in [0, 0.05) is 6.08 Å². The van der Waals surface area contributed by atoms with Gasteiger partial charge in [-0.1, -0.05) is 13.5 Å². The summed E-state index contributed by atoms with van der Waals surface area (Å²) in [7, 11) is 0. The van der Waals surface area contributed by atoms with Gasteiger partial charge in [-0.3, -0.25) is 0 Å². The highest BCUT2D eigenvalue weighted by molar-refractivity contribution is 5.78. The van der Waals surface area contributed by atoms with Crippen LogP contribution in [0.5, 0.6) is 0 Å². The van der Waals surface area contributed by atoms with Gasteiger partial charge in [-0.2, -0.15) is 0 Å². The molecule has 3 nitrogen and oxygen atoms in total. The molecule has 9 heavy (non-hydrogen) atoms. The predicted octanol–water partition coefficient (Wildman–Crippen LogP) is 0.137. The van der Waals surface area contributed by atoms with E-state index < -0.39 is 5.97 Å². The van der Waals surface area contributed by atoms with E-state index in [-0.39, 0.29) is 5.76 Å². The van der Waals surface area contributed by atoms with Crippen LogP contribution < -0.4 is 5.11 Å². The number of carboxylic acid groups (broad SMARTS) is 1. The third-order valence-corrected chi connectivity index (χ3v) is 0.175. The van der Waals surface area contributed by atoms with E-state index in [1.165, 1.54) is 6.92 Å². The molecule has 0 aromatic rings. The number of carbonyl (C=O) groups is 1. The van der Waals surface area contributed by atoms with E-state index in [0.29, 0.717) is 0 Å². The summed E-state index contributed by atoms with van der Waals surface area (Å²) in [5, 5.41) is 16.9. The van der Waals surface area contributed by atoms with Gasteiger partial charge in [0.25, 0.3) is 0 Å². The third kappa shape index (κ3) is 271. The monoisotopic (exact) mass is 129 g/mol. The highest BCUT2D eigenvalue weighted by Gasteiger charge is 1.73. The van der Waals surface area contributed by atoms with E-state index in [1.54, 1.807) is 0 Å². The number of hydrogen-bond acceptors (Lipinski definition) is 2. The van der Waals surface area contributed by atoms with Crippen molar-refractivity contribution in [3.05, 3.63) is 25.0 Å². The lowest BCUT2D eigenvalue weighted by Gasteiger charge is -1.92. The molecule has 0 aliphatic heterocycles. The first-order chi connectivity index (χ1) is 4.00. The van der Waals surface area contributed by atoms with E-state index >= 15 is 0 Å². The SMILES string of the molecule is C=C(C)[O-].C=CC(=O)O. The Hall–Kier alpha value is -1.25. The quantitative estimate of drug-likeness (QED) is 0.404. The minimum Gasteiger partial charge on any atom is -0.876 e. The van der Waals surface area contributed by atoms with Gasteiger partial charge in [-0.15, -0.1) is 12.3 Å². The number of rotatable bonds is 1. The summed E-state index contributed by atoms with van der Waals surface area (Å²) in [6.45, 7) is 7.38. The van der Waals surface area contributed by atoms with Gasteiger partial charge in [0.15, 0.2) is 0 Å². The third-order valence-electron chi connectivity index (χ3n) is 0.175. The van der Waals surface area contributed by atoms with Crippen LogP contribution in [0.4, 0.5) is 0 Å². The lowest BCUT2D eigenvalue weighted by molar-refractivity contribution is -0.300. The van der Waals surface area contributed by atoms with E-state index in [9.17, 15) is 9.90 Å². The molecule has 0 aromatic carbocycles. The van der Waals surface area contributed by atoms with Crippen LogP contribution in [0.25, 0.3) is 0 Å². The molecular formula is C6H9O3-. The first kappa shape index (κ1) is 10.7. The highest BCUT2D eigenvalue weighted by Crippen LogP contribution is 1.57. The van der Waals surface area contributed by atoms with Crippen molar-refractivity contribution in [2.75, 3.05) is 0 Å². The number of allylic oxidation sites excluding steroid dienone is 1. The molecule has 0 atom stereocenters. The second-order valence-corrected chi connectivity index (χ2v) is 1.24. The van der Waals surface area contributed by atoms with Gasteiger partial charge in [0.2, 0.25) is 0 Å². The van der Waals surface area contributed by atoms with Crippen LogP contribution >= 0.6 is 0 Å². The molecule has 0 bridgehead atoms. The summed E-state index contributed by atoms with van der Waals surface area (Å²) in [5.74, 6) is -1.06. The van der Waals surface area contributed by atoms with Gasteiger partial charge in [-0.25, -0.2) is 4.79 Å². The molecular weight excluding hydrogens is 120 g/mol. The van der Waals surface area contributed by atoms with E-state index in [1.807, 2.05) is 0 Å². The molecule has 0 amide bonds. The van der Waals surface area contributed by atoms with Gasteiger partial charge in [0.05, 0.1) is 0 Å². The number of carboxylic acids is 1. The molecule has 0 radical (unpaired) electrons. The Morgan fingerprint density at radius 3 is 1.89 bits per heavy atom. The van der Waals surface area contributed by atoms with E-state index in [2.05, 4.69) is 13.2 Å². The molecule has 0 unspecified atom stereocenters. The van der Waals surface area contributed by atoms with Crippen molar-refractivity contribution < 1.29 is 15.0 Å². The summed E-state index contributed by atoms with van der Waals surface area (Å²) in [4.78, 5) is 9.25. The lowest BCUT2D eigenvalue weighted by atomic mass is 10.7. The average Bonchev–Trinajstić information content (AvgIpc) is 1.65. The van der Waals surface area contributed by atoms with Crippen molar-refractivity contribution in [1.29, 1.82) is 0 Å². The minimum absolute atomic E-state index is 0.0833. The maximum absolute atomic E-state index is 9.33. The van der Waals surface area contributed by atoms with Crippen molar-refractivity contribution in [2.45, 2.75) is 6.92 Å². The fourth-order valence-electron chi connectivity index (χ4n) is 0. The zero-order valence-electron chi connectivity index (χ0n) is 5.26. The summed E-state index contributed by atoms with van der Waals surface area (Å²) in [5.41, 5.74) is 0. The Morgan fingerprint density at radius 2 is 1.89 bits per heavy atom. The topological polar surface area (TPSA) is 60.4 Å². The molecule has 0 heterocycles. The van der Waals surface area contributed by atoms with Crippen LogP contribution in [0.2, 0.25) is 0 Å². The Labute approximate surface area is 53.9 Å². The standard InChI is InChI=1S/C3H4O2.C3H6O/c1-2-3(4)5;1-3(2)4/h2H,1H2,(H,4,5);4H,1H2,2H3/p-1. The molecule has 0 saturated carbocycles. The predicted molar refractivity (Wildman–Crippen MR) is 32.6 cm³/mol. The molecule has 0 aromatic heterocycles. The first-order valence-corrected chi connectivity index (χ1v) is 2.18. The smallest absolute Gasteiger partial charge is 0.327 e. The average molecular weight is 129 g/mol. The zero-order valence-corrected chi connectivity index (χ0v) is 5.26. The summed E-state index contributed by atoms with van der Waals surface area (Å²) in [6, 6.07) is 0. The summed E-state index contributed by atoms with van der Waals surface area (Å²) < 4.78 is 0. The van der Waals surface area contributed by atoms with Crippen LogP contribution in [0.3, 0.4) is 0 Å². The molecule has 3 heteroatoms. The van der Waals surface area contributed by atoms with E-state index in [0.717, 1.165) is 6.08 Å².